The zero-order valence-electron chi connectivity index (χ0n) is 20.2. The minimum Gasteiger partial charge on any atom is -0.321 e. The molecule has 0 amide bonds. The van der Waals surface area contributed by atoms with Crippen LogP contribution >= 0.6 is 30.3 Å². The van der Waals surface area contributed by atoms with Gasteiger partial charge in [0, 0.05) is 30.3 Å². The zero-order valence-corrected chi connectivity index (χ0v) is 22.7. The summed E-state index contributed by atoms with van der Waals surface area (Å²) in [5, 5.41) is 0.202. The molecule has 0 saturated carbocycles. The van der Waals surface area contributed by atoms with Gasteiger partial charge in [0.1, 0.15) is 0 Å². The van der Waals surface area contributed by atoms with Gasteiger partial charge in [-0.2, -0.15) is 0 Å². The van der Waals surface area contributed by atoms with Gasteiger partial charge in [-0.15, -0.1) is 22.7 Å². The highest BCUT2D eigenvalue weighted by Gasteiger charge is 2.48. The summed E-state index contributed by atoms with van der Waals surface area (Å²) in [4.78, 5) is 24.9. The Morgan fingerprint density at radius 2 is 1.37 bits per heavy atom. The van der Waals surface area contributed by atoms with Crippen molar-refractivity contribution in [2.45, 2.75) is 104 Å². The Morgan fingerprint density at radius 1 is 0.833 bits per heavy atom. The second kappa shape index (κ2) is 8.15. The summed E-state index contributed by atoms with van der Waals surface area (Å²) < 4.78 is 12.5. The summed E-state index contributed by atoms with van der Waals surface area (Å²) in [7, 11) is -4.38. The fraction of sp³-hybridized carbons (Fsp3) is 0.667. The van der Waals surface area contributed by atoms with E-state index in [1.165, 1.54) is 9.75 Å². The molecule has 3 nitrogen and oxygen atoms in total. The highest BCUT2D eigenvalue weighted by atomic mass is 32.1. The third-order valence-corrected chi connectivity index (χ3v) is 11.9. The first kappa shape index (κ1) is 25.8. The lowest BCUT2D eigenvalue weighted by atomic mass is 9.63. The van der Waals surface area contributed by atoms with Gasteiger partial charge < -0.3 is 9.79 Å². The molecule has 0 saturated heterocycles. The lowest BCUT2D eigenvalue weighted by Gasteiger charge is -2.44. The highest BCUT2D eigenvalue weighted by molar-refractivity contribution is 7.61. The zero-order chi connectivity index (χ0) is 23.3. The standard InChI is InChI=1S/C24H39O3PS2/c1-11-22(6,7)17-13-14-18(29-17)24(10,12-2)23(8,9)20-16(28(25,26)27)15-19(30-20)21(3,4)5/h13-15H,11-12H2,1-10H3,(H2,25,26,27). The van der Waals surface area contributed by atoms with E-state index in [2.05, 4.69) is 81.4 Å². The van der Waals surface area contributed by atoms with Crippen molar-refractivity contribution in [1.29, 1.82) is 0 Å². The van der Waals surface area contributed by atoms with E-state index in [0.717, 1.165) is 22.6 Å². The molecule has 0 radical (unpaired) electrons. The molecule has 2 aromatic heterocycles. The average Bonchev–Trinajstić information content (AvgIpc) is 3.27. The van der Waals surface area contributed by atoms with E-state index < -0.39 is 13.0 Å². The van der Waals surface area contributed by atoms with E-state index in [-0.39, 0.29) is 21.5 Å². The van der Waals surface area contributed by atoms with E-state index >= 15 is 0 Å². The van der Waals surface area contributed by atoms with Gasteiger partial charge in [0.25, 0.3) is 0 Å². The lowest BCUT2D eigenvalue weighted by molar-refractivity contribution is 0.277. The van der Waals surface area contributed by atoms with Crippen LogP contribution in [-0.2, 0) is 26.2 Å². The second-order valence-electron chi connectivity index (χ2n) is 10.8. The van der Waals surface area contributed by atoms with Crippen LogP contribution in [0.2, 0.25) is 0 Å². The first-order chi connectivity index (χ1) is 13.4. The molecule has 2 N–H and O–H groups in total. The molecule has 0 aliphatic rings. The summed E-state index contributed by atoms with van der Waals surface area (Å²) in [6.07, 6.45) is 1.96. The van der Waals surface area contributed by atoms with E-state index in [4.69, 9.17) is 0 Å². The number of thiophene rings is 2. The SMILES string of the molecule is CCC(C)(C)c1ccc(C(C)(CC)C(C)(C)c2sc(C(C)(C)C)cc2P(=O)(O)O)s1. The van der Waals surface area contributed by atoms with Crippen LogP contribution in [0.15, 0.2) is 18.2 Å². The maximum absolute atomic E-state index is 12.5. The van der Waals surface area contributed by atoms with Gasteiger partial charge in [0.2, 0.25) is 0 Å². The molecular formula is C24H39O3PS2. The Labute approximate surface area is 191 Å². The predicted molar refractivity (Wildman–Crippen MR) is 133 cm³/mol. The van der Waals surface area contributed by atoms with Gasteiger partial charge in [-0.3, -0.25) is 4.57 Å². The lowest BCUT2D eigenvalue weighted by Crippen LogP contribution is -2.43. The smallest absolute Gasteiger partial charge is 0.321 e. The summed E-state index contributed by atoms with van der Waals surface area (Å²) in [6, 6.07) is 6.23. The van der Waals surface area contributed by atoms with Crippen LogP contribution in [0.4, 0.5) is 0 Å². The van der Waals surface area contributed by atoms with Gasteiger partial charge >= 0.3 is 7.60 Å². The molecule has 2 rings (SSSR count). The van der Waals surface area contributed by atoms with Gasteiger partial charge in [-0.05, 0) is 41.9 Å². The van der Waals surface area contributed by atoms with Crippen molar-refractivity contribution in [3.63, 3.8) is 0 Å². The van der Waals surface area contributed by atoms with E-state index in [1.54, 1.807) is 17.4 Å². The third kappa shape index (κ3) is 4.52. The fourth-order valence-electron chi connectivity index (χ4n) is 3.76. The normalized spacial score (nSPS) is 16.0. The van der Waals surface area contributed by atoms with Crippen molar-refractivity contribution in [2.24, 2.45) is 0 Å². The molecular weight excluding hydrogens is 431 g/mol. The maximum atomic E-state index is 12.5. The molecule has 0 aliphatic heterocycles. The quantitative estimate of drug-likeness (QED) is 0.419. The van der Waals surface area contributed by atoms with Crippen molar-refractivity contribution < 1.29 is 14.4 Å². The van der Waals surface area contributed by atoms with Crippen LogP contribution in [0.5, 0.6) is 0 Å². The molecule has 6 heteroatoms. The topological polar surface area (TPSA) is 57.5 Å². The van der Waals surface area contributed by atoms with Crippen LogP contribution in [0.25, 0.3) is 0 Å². The van der Waals surface area contributed by atoms with Crippen LogP contribution in [0.1, 0.15) is 102 Å². The molecule has 2 aromatic rings. The summed E-state index contributed by atoms with van der Waals surface area (Å²) >= 11 is 3.42. The molecule has 0 aliphatic carbocycles. The Morgan fingerprint density at radius 3 is 1.80 bits per heavy atom. The number of rotatable bonds is 7. The fourth-order valence-corrected chi connectivity index (χ4v) is 8.09. The summed E-state index contributed by atoms with van der Waals surface area (Å²) in [5.41, 5.74) is -0.720. The molecule has 30 heavy (non-hydrogen) atoms. The van der Waals surface area contributed by atoms with Gasteiger partial charge in [0.05, 0.1) is 5.30 Å². The monoisotopic (exact) mass is 470 g/mol. The minimum absolute atomic E-state index is 0.126. The predicted octanol–water partition coefficient (Wildman–Crippen LogP) is 7.24. The molecule has 0 fully saturated rings. The molecule has 0 spiro atoms. The second-order valence-corrected chi connectivity index (χ2v) is 14.5. The molecule has 0 aromatic carbocycles. The van der Waals surface area contributed by atoms with Crippen molar-refractivity contribution in [1.82, 2.24) is 0 Å². The van der Waals surface area contributed by atoms with Crippen LogP contribution in [0, 0.1) is 0 Å². The van der Waals surface area contributed by atoms with E-state index in [9.17, 15) is 14.4 Å². The first-order valence-electron chi connectivity index (χ1n) is 10.7. The van der Waals surface area contributed by atoms with Crippen molar-refractivity contribution in [2.75, 3.05) is 0 Å². The Kier molecular flexibility index (Phi) is 7.01. The molecule has 0 bridgehead atoms. The summed E-state index contributed by atoms with van der Waals surface area (Å²) in [5.74, 6) is 0. The Hall–Kier alpha value is -0.450. The van der Waals surface area contributed by atoms with Crippen LogP contribution < -0.4 is 5.30 Å². The van der Waals surface area contributed by atoms with Crippen LogP contribution in [-0.4, -0.2) is 9.79 Å². The van der Waals surface area contributed by atoms with Crippen molar-refractivity contribution in [3.8, 4) is 0 Å². The van der Waals surface area contributed by atoms with Gasteiger partial charge in [-0.1, -0.05) is 69.2 Å². The number of hydrogen-bond donors (Lipinski definition) is 2. The van der Waals surface area contributed by atoms with Crippen molar-refractivity contribution >= 4 is 35.6 Å². The number of hydrogen-bond acceptors (Lipinski definition) is 3. The molecule has 1 unspecified atom stereocenters. The average molecular weight is 471 g/mol. The molecule has 1 atom stereocenters. The van der Waals surface area contributed by atoms with Gasteiger partial charge in [-0.25, -0.2) is 0 Å². The van der Waals surface area contributed by atoms with Gasteiger partial charge in [0.15, 0.2) is 0 Å². The molecule has 170 valence electrons. The van der Waals surface area contributed by atoms with E-state index in [0.29, 0.717) is 0 Å². The first-order valence-corrected chi connectivity index (χ1v) is 14.0. The maximum Gasteiger partial charge on any atom is 0.357 e. The summed E-state index contributed by atoms with van der Waals surface area (Å²) in [6.45, 7) is 21.8. The van der Waals surface area contributed by atoms with Crippen molar-refractivity contribution in [3.05, 3.63) is 37.7 Å². The minimum atomic E-state index is -4.38. The Balaban J connectivity index is 2.71. The highest BCUT2D eigenvalue weighted by Crippen LogP contribution is 2.53. The largest absolute Gasteiger partial charge is 0.357 e. The van der Waals surface area contributed by atoms with E-state index in [1.807, 2.05) is 11.3 Å². The van der Waals surface area contributed by atoms with Crippen LogP contribution in [0.3, 0.4) is 0 Å². The molecule has 2 heterocycles. The third-order valence-electron chi connectivity index (χ3n) is 7.12. The Bertz CT molecular complexity index is 940.